The zero-order valence-electron chi connectivity index (χ0n) is 9.80. The Morgan fingerprint density at radius 2 is 1.80 bits per heavy atom. The third-order valence-electron chi connectivity index (χ3n) is 2.63. The summed E-state index contributed by atoms with van der Waals surface area (Å²) in [6.07, 6.45) is 9.70. The molecule has 0 unspecified atom stereocenters. The van der Waals surface area contributed by atoms with E-state index in [0.717, 1.165) is 6.54 Å². The van der Waals surface area contributed by atoms with Crippen molar-refractivity contribution in [2.45, 2.75) is 51.9 Å². The van der Waals surface area contributed by atoms with Crippen LogP contribution in [0.4, 0.5) is 5.69 Å². The molecule has 15 heavy (non-hydrogen) atoms. The normalized spacial score (nSPS) is 10.5. The van der Waals surface area contributed by atoms with E-state index in [-0.39, 0.29) is 0 Å². The second kappa shape index (κ2) is 8.78. The van der Waals surface area contributed by atoms with Gasteiger partial charge in [-0.05, 0) is 17.9 Å². The summed E-state index contributed by atoms with van der Waals surface area (Å²) in [7, 11) is 0. The van der Waals surface area contributed by atoms with Crippen LogP contribution >= 0.6 is 11.3 Å². The van der Waals surface area contributed by atoms with E-state index >= 15 is 0 Å². The highest BCUT2D eigenvalue weighted by Gasteiger charge is 1.92. The van der Waals surface area contributed by atoms with Crippen molar-refractivity contribution in [1.82, 2.24) is 0 Å². The number of unbranched alkanes of at least 4 members (excludes halogenated alkanes) is 6. The molecule has 0 spiro atoms. The SMILES string of the molecule is CCCCCCCCCNc1ccsc1. The molecule has 1 nitrogen and oxygen atoms in total. The van der Waals surface area contributed by atoms with E-state index < -0.39 is 0 Å². The third kappa shape index (κ3) is 6.56. The highest BCUT2D eigenvalue weighted by Crippen LogP contribution is 2.12. The number of anilines is 1. The van der Waals surface area contributed by atoms with Gasteiger partial charge in [-0.1, -0.05) is 45.4 Å². The van der Waals surface area contributed by atoms with Crippen molar-refractivity contribution in [3.63, 3.8) is 0 Å². The van der Waals surface area contributed by atoms with Gasteiger partial charge in [0.05, 0.1) is 0 Å². The Labute approximate surface area is 97.9 Å². The highest BCUT2D eigenvalue weighted by atomic mass is 32.1. The molecule has 0 aliphatic carbocycles. The van der Waals surface area contributed by atoms with E-state index in [9.17, 15) is 0 Å². The van der Waals surface area contributed by atoms with E-state index in [0.29, 0.717) is 0 Å². The average Bonchev–Trinajstić information content (AvgIpc) is 2.75. The Kier molecular flexibility index (Phi) is 7.36. The summed E-state index contributed by atoms with van der Waals surface area (Å²) in [5, 5.41) is 7.72. The average molecular weight is 225 g/mol. The van der Waals surface area contributed by atoms with Crippen LogP contribution in [0.25, 0.3) is 0 Å². The minimum absolute atomic E-state index is 1.13. The molecule has 0 fully saturated rings. The van der Waals surface area contributed by atoms with Crippen molar-refractivity contribution >= 4 is 17.0 Å². The quantitative estimate of drug-likeness (QED) is 0.589. The Bertz CT molecular complexity index is 218. The molecule has 0 aromatic carbocycles. The maximum absolute atomic E-state index is 3.44. The lowest BCUT2D eigenvalue weighted by atomic mass is 10.1. The monoisotopic (exact) mass is 225 g/mol. The summed E-state index contributed by atoms with van der Waals surface area (Å²) in [4.78, 5) is 0. The standard InChI is InChI=1S/C13H23NS/c1-2-3-4-5-6-7-8-10-14-13-9-11-15-12-13/h9,11-12,14H,2-8,10H2,1H3. The third-order valence-corrected chi connectivity index (χ3v) is 3.31. The lowest BCUT2D eigenvalue weighted by Crippen LogP contribution is -1.99. The van der Waals surface area contributed by atoms with Gasteiger partial charge in [0.25, 0.3) is 0 Å². The van der Waals surface area contributed by atoms with E-state index in [1.165, 1.54) is 50.6 Å². The predicted molar refractivity (Wildman–Crippen MR) is 70.8 cm³/mol. The largest absolute Gasteiger partial charge is 0.384 e. The van der Waals surface area contributed by atoms with Crippen LogP contribution in [0.3, 0.4) is 0 Å². The van der Waals surface area contributed by atoms with Gasteiger partial charge in [0.2, 0.25) is 0 Å². The van der Waals surface area contributed by atoms with Gasteiger partial charge in [-0.15, -0.1) is 0 Å². The first-order chi connectivity index (χ1) is 7.43. The summed E-state index contributed by atoms with van der Waals surface area (Å²) in [5.41, 5.74) is 1.28. The van der Waals surface area contributed by atoms with Gasteiger partial charge in [0.15, 0.2) is 0 Å². The first kappa shape index (κ1) is 12.6. The van der Waals surface area contributed by atoms with Gasteiger partial charge >= 0.3 is 0 Å². The van der Waals surface area contributed by atoms with Gasteiger partial charge in [0, 0.05) is 17.6 Å². The molecule has 0 radical (unpaired) electrons. The predicted octanol–water partition coefficient (Wildman–Crippen LogP) is 4.91. The van der Waals surface area contributed by atoms with Crippen molar-refractivity contribution in [3.05, 3.63) is 16.8 Å². The fourth-order valence-corrected chi connectivity index (χ4v) is 2.29. The fourth-order valence-electron chi connectivity index (χ4n) is 1.68. The molecule has 1 N–H and O–H groups in total. The van der Waals surface area contributed by atoms with Crippen LogP contribution in [-0.4, -0.2) is 6.54 Å². The van der Waals surface area contributed by atoms with Gasteiger partial charge < -0.3 is 5.32 Å². The second-order valence-electron chi connectivity index (χ2n) is 4.06. The minimum Gasteiger partial charge on any atom is -0.384 e. The molecule has 1 rings (SSSR count). The lowest BCUT2D eigenvalue weighted by molar-refractivity contribution is 0.596. The molecule has 0 amide bonds. The molecular formula is C13H23NS. The molecule has 0 saturated heterocycles. The lowest BCUT2D eigenvalue weighted by Gasteiger charge is -2.03. The Morgan fingerprint density at radius 3 is 2.47 bits per heavy atom. The summed E-state index contributed by atoms with van der Waals surface area (Å²) < 4.78 is 0. The highest BCUT2D eigenvalue weighted by molar-refractivity contribution is 7.08. The molecule has 0 aliphatic heterocycles. The first-order valence-corrected chi connectivity index (χ1v) is 7.14. The molecule has 2 heteroatoms. The molecular weight excluding hydrogens is 202 g/mol. The van der Waals surface area contributed by atoms with Gasteiger partial charge in [-0.2, -0.15) is 11.3 Å². The molecule has 1 aromatic heterocycles. The van der Waals surface area contributed by atoms with E-state index in [4.69, 9.17) is 0 Å². The number of rotatable bonds is 9. The minimum atomic E-state index is 1.13. The van der Waals surface area contributed by atoms with Crippen LogP contribution in [0, 0.1) is 0 Å². The van der Waals surface area contributed by atoms with Crippen molar-refractivity contribution < 1.29 is 0 Å². The van der Waals surface area contributed by atoms with Crippen molar-refractivity contribution in [2.24, 2.45) is 0 Å². The zero-order chi connectivity index (χ0) is 10.8. The summed E-state index contributed by atoms with van der Waals surface area (Å²) in [6.45, 7) is 3.40. The molecule has 1 heterocycles. The Morgan fingerprint density at radius 1 is 1.07 bits per heavy atom. The summed E-state index contributed by atoms with van der Waals surface area (Å²) in [6, 6.07) is 2.14. The van der Waals surface area contributed by atoms with Gasteiger partial charge in [0.1, 0.15) is 0 Å². The number of hydrogen-bond acceptors (Lipinski definition) is 2. The first-order valence-electron chi connectivity index (χ1n) is 6.19. The van der Waals surface area contributed by atoms with Gasteiger partial charge in [-0.25, -0.2) is 0 Å². The maximum Gasteiger partial charge on any atom is 0.0448 e. The molecule has 1 aromatic rings. The smallest absolute Gasteiger partial charge is 0.0448 e. The van der Waals surface area contributed by atoms with Crippen LogP contribution in [0.5, 0.6) is 0 Å². The van der Waals surface area contributed by atoms with Crippen molar-refractivity contribution in [1.29, 1.82) is 0 Å². The van der Waals surface area contributed by atoms with Crippen molar-refractivity contribution in [3.8, 4) is 0 Å². The van der Waals surface area contributed by atoms with Gasteiger partial charge in [-0.3, -0.25) is 0 Å². The van der Waals surface area contributed by atoms with Crippen LogP contribution in [0.1, 0.15) is 51.9 Å². The Balaban J connectivity index is 1.81. The molecule has 0 atom stereocenters. The number of nitrogens with one attached hydrogen (secondary N) is 1. The second-order valence-corrected chi connectivity index (χ2v) is 4.84. The molecule has 0 saturated carbocycles. The van der Waals surface area contributed by atoms with E-state index in [1.807, 2.05) is 0 Å². The van der Waals surface area contributed by atoms with Crippen LogP contribution in [0.2, 0.25) is 0 Å². The maximum atomic E-state index is 3.44. The van der Waals surface area contributed by atoms with Crippen LogP contribution in [-0.2, 0) is 0 Å². The fraction of sp³-hybridized carbons (Fsp3) is 0.692. The van der Waals surface area contributed by atoms with Crippen molar-refractivity contribution in [2.75, 3.05) is 11.9 Å². The topological polar surface area (TPSA) is 12.0 Å². The van der Waals surface area contributed by atoms with E-state index in [1.54, 1.807) is 11.3 Å². The number of thiophene rings is 1. The van der Waals surface area contributed by atoms with E-state index in [2.05, 4.69) is 29.1 Å². The van der Waals surface area contributed by atoms with Crippen LogP contribution < -0.4 is 5.32 Å². The Hall–Kier alpha value is -0.500. The molecule has 0 aliphatic rings. The molecule has 86 valence electrons. The molecule has 0 bridgehead atoms. The number of hydrogen-bond donors (Lipinski definition) is 1. The summed E-state index contributed by atoms with van der Waals surface area (Å²) in [5.74, 6) is 0. The van der Waals surface area contributed by atoms with Crippen LogP contribution in [0.15, 0.2) is 16.8 Å². The summed E-state index contributed by atoms with van der Waals surface area (Å²) >= 11 is 1.75. The zero-order valence-corrected chi connectivity index (χ0v) is 10.6.